The monoisotopic (exact) mass is 277 g/mol. The first kappa shape index (κ1) is 16.6. The fourth-order valence-corrected chi connectivity index (χ4v) is 1.71. The molecular formula is C11H19NO5S. The SMILES string of the molecule is C=CCN(CC(=O)OCC)C(=O)C(C)S(C)(=O)=O. The molecule has 0 aliphatic carbocycles. The number of nitrogens with zero attached hydrogens (tertiary/aromatic N) is 1. The van der Waals surface area contributed by atoms with Crippen LogP contribution < -0.4 is 0 Å². The highest BCUT2D eigenvalue weighted by molar-refractivity contribution is 7.92. The summed E-state index contributed by atoms with van der Waals surface area (Å²) >= 11 is 0. The molecule has 1 atom stereocenters. The fraction of sp³-hybridized carbons (Fsp3) is 0.636. The molecule has 1 amide bonds. The van der Waals surface area contributed by atoms with Gasteiger partial charge >= 0.3 is 5.97 Å². The number of esters is 1. The molecule has 7 heteroatoms. The van der Waals surface area contributed by atoms with Crippen molar-refractivity contribution < 1.29 is 22.7 Å². The van der Waals surface area contributed by atoms with Crippen molar-refractivity contribution in [3.63, 3.8) is 0 Å². The third-order valence-electron chi connectivity index (χ3n) is 2.28. The lowest BCUT2D eigenvalue weighted by molar-refractivity contribution is -0.148. The molecule has 18 heavy (non-hydrogen) atoms. The molecule has 0 saturated heterocycles. The van der Waals surface area contributed by atoms with Crippen LogP contribution in [0.15, 0.2) is 12.7 Å². The Morgan fingerprint density at radius 2 is 2.00 bits per heavy atom. The Bertz CT molecular complexity index is 415. The van der Waals surface area contributed by atoms with Gasteiger partial charge in [0.05, 0.1) is 6.61 Å². The van der Waals surface area contributed by atoms with E-state index in [0.29, 0.717) is 0 Å². The maximum atomic E-state index is 11.9. The topological polar surface area (TPSA) is 80.8 Å². The van der Waals surface area contributed by atoms with Gasteiger partial charge in [0, 0.05) is 12.8 Å². The van der Waals surface area contributed by atoms with Gasteiger partial charge in [0.15, 0.2) is 9.84 Å². The van der Waals surface area contributed by atoms with Gasteiger partial charge in [-0.3, -0.25) is 9.59 Å². The number of hydrogen-bond donors (Lipinski definition) is 0. The number of carbonyl (C=O) groups is 2. The predicted octanol–water partition coefficient (Wildman–Crippen LogP) is -0.00280. The van der Waals surface area contributed by atoms with E-state index in [1.807, 2.05) is 0 Å². The number of sulfone groups is 1. The van der Waals surface area contributed by atoms with Gasteiger partial charge in [0.2, 0.25) is 5.91 Å². The normalized spacial score (nSPS) is 12.6. The van der Waals surface area contributed by atoms with Crippen LogP contribution in [0.5, 0.6) is 0 Å². The summed E-state index contributed by atoms with van der Waals surface area (Å²) in [6.07, 6.45) is 2.40. The second-order valence-corrected chi connectivity index (χ2v) is 6.15. The highest BCUT2D eigenvalue weighted by Gasteiger charge is 2.29. The summed E-state index contributed by atoms with van der Waals surface area (Å²) in [7, 11) is -3.49. The van der Waals surface area contributed by atoms with Crippen LogP contribution in [0.25, 0.3) is 0 Å². The van der Waals surface area contributed by atoms with E-state index in [1.54, 1.807) is 6.92 Å². The van der Waals surface area contributed by atoms with Crippen LogP contribution in [0.3, 0.4) is 0 Å². The van der Waals surface area contributed by atoms with Crippen molar-refractivity contribution >= 4 is 21.7 Å². The lowest BCUT2D eigenvalue weighted by atomic mass is 10.3. The van der Waals surface area contributed by atoms with Crippen LogP contribution in [0.2, 0.25) is 0 Å². The number of amides is 1. The summed E-state index contributed by atoms with van der Waals surface area (Å²) in [5.74, 6) is -1.21. The third-order valence-corrected chi connectivity index (χ3v) is 3.76. The van der Waals surface area contributed by atoms with Gasteiger partial charge in [-0.15, -0.1) is 6.58 Å². The predicted molar refractivity (Wildman–Crippen MR) is 67.7 cm³/mol. The number of rotatable bonds is 7. The van der Waals surface area contributed by atoms with Gasteiger partial charge in [-0.1, -0.05) is 6.08 Å². The minimum Gasteiger partial charge on any atom is -0.465 e. The molecular weight excluding hydrogens is 258 g/mol. The molecule has 1 unspecified atom stereocenters. The minimum absolute atomic E-state index is 0.0947. The molecule has 0 aromatic rings. The lowest BCUT2D eigenvalue weighted by Gasteiger charge is -2.22. The van der Waals surface area contributed by atoms with Crippen LogP contribution in [0.4, 0.5) is 0 Å². The molecule has 0 fully saturated rings. The van der Waals surface area contributed by atoms with E-state index < -0.39 is 27.0 Å². The third kappa shape index (κ3) is 5.31. The van der Waals surface area contributed by atoms with Crippen LogP contribution in [-0.2, 0) is 24.2 Å². The van der Waals surface area contributed by atoms with Crippen molar-refractivity contribution in [1.29, 1.82) is 0 Å². The van der Waals surface area contributed by atoms with Gasteiger partial charge in [0.25, 0.3) is 0 Å². The molecule has 0 radical (unpaired) electrons. The van der Waals surface area contributed by atoms with Gasteiger partial charge in [0.1, 0.15) is 11.8 Å². The first-order chi connectivity index (χ1) is 8.23. The Morgan fingerprint density at radius 1 is 1.44 bits per heavy atom. The molecule has 0 rings (SSSR count). The number of ether oxygens (including phenoxy) is 1. The van der Waals surface area contributed by atoms with Crippen molar-refractivity contribution in [2.45, 2.75) is 19.1 Å². The minimum atomic E-state index is -3.49. The Labute approximate surface area is 108 Å². The summed E-state index contributed by atoms with van der Waals surface area (Å²) in [6.45, 7) is 6.42. The van der Waals surface area contributed by atoms with Gasteiger partial charge in [-0.25, -0.2) is 8.42 Å². The quantitative estimate of drug-likeness (QED) is 0.483. The molecule has 0 bridgehead atoms. The zero-order chi connectivity index (χ0) is 14.3. The second kappa shape index (κ2) is 7.15. The molecule has 6 nitrogen and oxygen atoms in total. The van der Waals surface area contributed by atoms with E-state index in [0.717, 1.165) is 11.2 Å². The van der Waals surface area contributed by atoms with Crippen LogP contribution in [0, 0.1) is 0 Å². The zero-order valence-corrected chi connectivity index (χ0v) is 11.7. The molecule has 0 saturated carbocycles. The zero-order valence-electron chi connectivity index (χ0n) is 10.9. The molecule has 0 heterocycles. The molecule has 104 valence electrons. The Kier molecular flexibility index (Phi) is 6.61. The summed E-state index contributed by atoms with van der Waals surface area (Å²) in [6, 6.07) is 0. The van der Waals surface area contributed by atoms with E-state index in [9.17, 15) is 18.0 Å². The molecule has 0 aliphatic heterocycles. The average Bonchev–Trinajstić information content (AvgIpc) is 2.25. The van der Waals surface area contributed by atoms with Crippen molar-refractivity contribution in [3.8, 4) is 0 Å². The van der Waals surface area contributed by atoms with Crippen molar-refractivity contribution in [2.24, 2.45) is 0 Å². The first-order valence-electron chi connectivity index (χ1n) is 5.48. The maximum Gasteiger partial charge on any atom is 0.325 e. The summed E-state index contributed by atoms with van der Waals surface area (Å²) in [5, 5.41) is -1.19. The van der Waals surface area contributed by atoms with E-state index in [2.05, 4.69) is 6.58 Å². The first-order valence-corrected chi connectivity index (χ1v) is 7.43. The van der Waals surface area contributed by atoms with Crippen molar-refractivity contribution in [1.82, 2.24) is 4.90 Å². The Morgan fingerprint density at radius 3 is 2.39 bits per heavy atom. The summed E-state index contributed by atoms with van der Waals surface area (Å²) in [5.41, 5.74) is 0. The van der Waals surface area contributed by atoms with Crippen LogP contribution >= 0.6 is 0 Å². The molecule has 0 aliphatic rings. The van der Waals surface area contributed by atoms with Crippen molar-refractivity contribution in [3.05, 3.63) is 12.7 Å². The highest BCUT2D eigenvalue weighted by atomic mass is 32.2. The van der Waals surface area contributed by atoms with Crippen LogP contribution in [0.1, 0.15) is 13.8 Å². The van der Waals surface area contributed by atoms with Gasteiger partial charge in [-0.05, 0) is 13.8 Å². The van der Waals surface area contributed by atoms with E-state index in [4.69, 9.17) is 4.74 Å². The van der Waals surface area contributed by atoms with Gasteiger partial charge < -0.3 is 9.64 Å². The standard InChI is InChI=1S/C11H19NO5S/c1-5-7-12(8-10(13)17-6-2)11(14)9(3)18(4,15)16/h5,9H,1,6-8H2,2-4H3. The van der Waals surface area contributed by atoms with E-state index in [-0.39, 0.29) is 19.7 Å². The Balaban J connectivity index is 4.84. The Hall–Kier alpha value is -1.37. The smallest absolute Gasteiger partial charge is 0.325 e. The van der Waals surface area contributed by atoms with Crippen LogP contribution in [-0.4, -0.2) is 56.4 Å². The highest BCUT2D eigenvalue weighted by Crippen LogP contribution is 2.05. The largest absolute Gasteiger partial charge is 0.465 e. The number of carbonyl (C=O) groups excluding carboxylic acids is 2. The summed E-state index contributed by atoms with van der Waals surface area (Å²) < 4.78 is 27.3. The lowest BCUT2D eigenvalue weighted by Crippen LogP contribution is -2.44. The summed E-state index contributed by atoms with van der Waals surface area (Å²) in [4.78, 5) is 24.3. The fourth-order valence-electron chi connectivity index (χ4n) is 1.19. The molecule has 0 N–H and O–H groups in total. The van der Waals surface area contributed by atoms with E-state index in [1.165, 1.54) is 13.0 Å². The van der Waals surface area contributed by atoms with Gasteiger partial charge in [-0.2, -0.15) is 0 Å². The molecule has 0 spiro atoms. The molecule has 0 aromatic carbocycles. The average molecular weight is 277 g/mol. The van der Waals surface area contributed by atoms with E-state index >= 15 is 0 Å². The van der Waals surface area contributed by atoms with Crippen molar-refractivity contribution in [2.75, 3.05) is 26.0 Å². The number of hydrogen-bond acceptors (Lipinski definition) is 5. The maximum absolute atomic E-state index is 11.9. The second-order valence-electron chi connectivity index (χ2n) is 3.78. The molecule has 0 aromatic heterocycles.